The van der Waals surface area contributed by atoms with Crippen LogP contribution in [0.4, 0.5) is 5.69 Å². The summed E-state index contributed by atoms with van der Waals surface area (Å²) in [5, 5.41) is 2.67. The quantitative estimate of drug-likeness (QED) is 0.314. The van der Waals surface area contributed by atoms with E-state index in [-0.39, 0.29) is 10.7 Å². The van der Waals surface area contributed by atoms with Crippen LogP contribution in [0.3, 0.4) is 0 Å². The molecule has 1 aromatic heterocycles. The lowest BCUT2D eigenvalue weighted by Gasteiger charge is -2.29. The van der Waals surface area contributed by atoms with Crippen LogP contribution in [0.5, 0.6) is 5.75 Å². The van der Waals surface area contributed by atoms with E-state index in [2.05, 4.69) is 25.8 Å². The first-order chi connectivity index (χ1) is 15.3. The lowest BCUT2D eigenvalue weighted by atomic mass is 10.1. The number of nitrogens with zero attached hydrogens (tertiary/aromatic N) is 2. The van der Waals surface area contributed by atoms with Crippen LogP contribution in [-0.4, -0.2) is 28.6 Å². The van der Waals surface area contributed by atoms with Crippen LogP contribution in [0.25, 0.3) is 11.8 Å². The van der Waals surface area contributed by atoms with E-state index >= 15 is 0 Å². The van der Waals surface area contributed by atoms with Gasteiger partial charge in [0.2, 0.25) is 0 Å². The first-order valence-corrected chi connectivity index (χ1v) is 11.0. The molecule has 0 radical (unpaired) electrons. The number of methoxy groups -OCH3 is 1. The molecule has 0 saturated carbocycles. The number of hydrogen-bond acceptors (Lipinski definition) is 4. The standard InChI is InChI=1S/C24H20BrN3O3S/c1-14-12-16(15(2)27(14)18-6-4-17(25)5-7-18)13-21-22(29)26-24(32)28(23(21)30)19-8-10-20(31-3)11-9-19/h4-13H,1-3H3,(H,26,29,32)/b21-13+. The van der Waals surface area contributed by atoms with Crippen LogP contribution in [0.1, 0.15) is 17.0 Å². The van der Waals surface area contributed by atoms with E-state index in [0.29, 0.717) is 11.4 Å². The van der Waals surface area contributed by atoms with Gasteiger partial charge in [-0.15, -0.1) is 0 Å². The van der Waals surface area contributed by atoms with Crippen molar-refractivity contribution in [2.75, 3.05) is 12.0 Å². The van der Waals surface area contributed by atoms with Crippen molar-refractivity contribution in [3.63, 3.8) is 0 Å². The van der Waals surface area contributed by atoms with Crippen LogP contribution >= 0.6 is 28.1 Å². The molecule has 1 saturated heterocycles. The fraction of sp³-hybridized carbons (Fsp3) is 0.125. The van der Waals surface area contributed by atoms with E-state index in [4.69, 9.17) is 17.0 Å². The Morgan fingerprint density at radius 1 is 1.00 bits per heavy atom. The van der Waals surface area contributed by atoms with E-state index in [0.717, 1.165) is 27.1 Å². The smallest absolute Gasteiger partial charge is 0.270 e. The third kappa shape index (κ3) is 3.99. The van der Waals surface area contributed by atoms with Crippen LogP contribution < -0.4 is 15.0 Å². The number of ether oxygens (including phenoxy) is 1. The normalized spacial score (nSPS) is 15.3. The van der Waals surface area contributed by atoms with E-state index in [1.54, 1.807) is 37.5 Å². The highest BCUT2D eigenvalue weighted by molar-refractivity contribution is 9.10. The van der Waals surface area contributed by atoms with Crippen molar-refractivity contribution < 1.29 is 14.3 Å². The summed E-state index contributed by atoms with van der Waals surface area (Å²) in [7, 11) is 1.57. The average Bonchev–Trinajstić information content (AvgIpc) is 3.05. The number of carbonyl (C=O) groups is 2. The number of rotatable bonds is 4. The van der Waals surface area contributed by atoms with Crippen molar-refractivity contribution in [3.05, 3.63) is 81.6 Å². The van der Waals surface area contributed by atoms with Gasteiger partial charge in [-0.2, -0.15) is 0 Å². The summed E-state index contributed by atoms with van der Waals surface area (Å²) in [5.74, 6) is -0.333. The summed E-state index contributed by atoms with van der Waals surface area (Å²) in [6, 6.07) is 16.8. The second kappa shape index (κ2) is 8.72. The van der Waals surface area contributed by atoms with Gasteiger partial charge in [0.1, 0.15) is 11.3 Å². The molecule has 2 amide bonds. The lowest BCUT2D eigenvalue weighted by Crippen LogP contribution is -2.54. The maximum absolute atomic E-state index is 13.3. The number of hydrogen-bond donors (Lipinski definition) is 1. The van der Waals surface area contributed by atoms with Gasteiger partial charge in [0.05, 0.1) is 12.8 Å². The number of anilines is 1. The highest BCUT2D eigenvalue weighted by Crippen LogP contribution is 2.27. The molecule has 1 fully saturated rings. The topological polar surface area (TPSA) is 63.6 Å². The molecule has 1 N–H and O–H groups in total. The molecule has 32 heavy (non-hydrogen) atoms. The van der Waals surface area contributed by atoms with Crippen LogP contribution in [0.15, 0.2) is 64.6 Å². The first-order valence-electron chi connectivity index (χ1n) is 9.80. The third-order valence-electron chi connectivity index (χ3n) is 5.29. The average molecular weight is 510 g/mol. The Balaban J connectivity index is 1.73. The zero-order chi connectivity index (χ0) is 23.0. The summed E-state index contributed by atoms with van der Waals surface area (Å²) >= 11 is 8.73. The van der Waals surface area contributed by atoms with Gasteiger partial charge in [-0.05, 0) is 92.3 Å². The Labute approximate surface area is 199 Å². The Morgan fingerprint density at radius 2 is 1.62 bits per heavy atom. The maximum atomic E-state index is 13.3. The predicted molar refractivity (Wildman–Crippen MR) is 132 cm³/mol. The zero-order valence-corrected chi connectivity index (χ0v) is 20.1. The minimum absolute atomic E-state index is 0.0190. The molecule has 8 heteroatoms. The van der Waals surface area contributed by atoms with Gasteiger partial charge in [0, 0.05) is 21.5 Å². The molecule has 0 bridgehead atoms. The molecule has 2 heterocycles. The van der Waals surface area contributed by atoms with Gasteiger partial charge in [0.15, 0.2) is 5.11 Å². The van der Waals surface area contributed by atoms with Crippen molar-refractivity contribution in [2.45, 2.75) is 13.8 Å². The molecule has 0 spiro atoms. The van der Waals surface area contributed by atoms with E-state index in [1.807, 2.05) is 44.2 Å². The number of nitrogens with one attached hydrogen (secondary N) is 1. The predicted octanol–water partition coefficient (Wildman–Crippen LogP) is 4.70. The second-order valence-electron chi connectivity index (χ2n) is 7.29. The number of thiocarbonyl (C=S) groups is 1. The Hall–Kier alpha value is -3.23. The van der Waals surface area contributed by atoms with Crippen molar-refractivity contribution in [3.8, 4) is 11.4 Å². The summed E-state index contributed by atoms with van der Waals surface area (Å²) in [5.41, 5.74) is 4.25. The molecule has 3 aromatic rings. The number of aryl methyl sites for hydroxylation is 1. The molecule has 0 atom stereocenters. The third-order valence-corrected chi connectivity index (χ3v) is 6.10. The SMILES string of the molecule is COc1ccc(N2C(=O)/C(=C/c3cc(C)n(-c4ccc(Br)cc4)c3C)C(=O)NC2=S)cc1. The number of amides is 2. The van der Waals surface area contributed by atoms with Crippen LogP contribution in [0, 0.1) is 13.8 Å². The summed E-state index contributed by atoms with van der Waals surface area (Å²) in [6.45, 7) is 3.94. The number of aromatic nitrogens is 1. The van der Waals surface area contributed by atoms with Crippen molar-refractivity contribution in [2.24, 2.45) is 0 Å². The zero-order valence-electron chi connectivity index (χ0n) is 17.7. The molecule has 1 aliphatic heterocycles. The van der Waals surface area contributed by atoms with Crippen LogP contribution in [-0.2, 0) is 9.59 Å². The number of carbonyl (C=O) groups excluding carboxylic acids is 2. The lowest BCUT2D eigenvalue weighted by molar-refractivity contribution is -0.122. The van der Waals surface area contributed by atoms with Gasteiger partial charge in [0.25, 0.3) is 11.8 Å². The molecule has 2 aromatic carbocycles. The summed E-state index contributed by atoms with van der Waals surface area (Å²) in [6.07, 6.45) is 1.62. The number of benzene rings is 2. The molecule has 1 aliphatic rings. The Morgan fingerprint density at radius 3 is 2.25 bits per heavy atom. The van der Waals surface area contributed by atoms with Gasteiger partial charge in [-0.1, -0.05) is 15.9 Å². The van der Waals surface area contributed by atoms with Gasteiger partial charge in [-0.25, -0.2) is 0 Å². The van der Waals surface area contributed by atoms with Crippen molar-refractivity contribution >= 4 is 56.8 Å². The maximum Gasteiger partial charge on any atom is 0.270 e. The first kappa shape index (κ1) is 22.0. The largest absolute Gasteiger partial charge is 0.497 e. The van der Waals surface area contributed by atoms with E-state index in [9.17, 15) is 9.59 Å². The number of halogens is 1. The molecule has 4 rings (SSSR count). The Bertz CT molecular complexity index is 1260. The molecular formula is C24H20BrN3O3S. The Kier molecular flexibility index (Phi) is 5.99. The van der Waals surface area contributed by atoms with E-state index in [1.165, 1.54) is 4.90 Å². The van der Waals surface area contributed by atoms with Crippen molar-refractivity contribution in [1.82, 2.24) is 9.88 Å². The van der Waals surface area contributed by atoms with Crippen molar-refractivity contribution in [1.29, 1.82) is 0 Å². The molecule has 0 aliphatic carbocycles. The molecule has 6 nitrogen and oxygen atoms in total. The highest BCUT2D eigenvalue weighted by Gasteiger charge is 2.34. The molecular weight excluding hydrogens is 490 g/mol. The second-order valence-corrected chi connectivity index (χ2v) is 8.60. The molecule has 0 unspecified atom stereocenters. The minimum Gasteiger partial charge on any atom is -0.497 e. The summed E-state index contributed by atoms with van der Waals surface area (Å²) < 4.78 is 8.24. The highest BCUT2D eigenvalue weighted by atomic mass is 79.9. The minimum atomic E-state index is -0.516. The van der Waals surface area contributed by atoms with Crippen LogP contribution in [0.2, 0.25) is 0 Å². The fourth-order valence-electron chi connectivity index (χ4n) is 3.70. The van der Waals surface area contributed by atoms with Gasteiger partial charge >= 0.3 is 0 Å². The summed E-state index contributed by atoms with van der Waals surface area (Å²) in [4.78, 5) is 27.3. The fourth-order valence-corrected chi connectivity index (χ4v) is 4.25. The monoisotopic (exact) mass is 509 g/mol. The molecule has 162 valence electrons. The van der Waals surface area contributed by atoms with Gasteiger partial charge < -0.3 is 9.30 Å². The van der Waals surface area contributed by atoms with Gasteiger partial charge in [-0.3, -0.25) is 19.8 Å². The van der Waals surface area contributed by atoms with E-state index < -0.39 is 11.8 Å².